The summed E-state index contributed by atoms with van der Waals surface area (Å²) in [6.45, 7) is 0.201. The van der Waals surface area contributed by atoms with Crippen LogP contribution in [-0.4, -0.2) is 26.6 Å². The van der Waals surface area contributed by atoms with E-state index in [2.05, 4.69) is 16.0 Å². The zero-order valence-corrected chi connectivity index (χ0v) is 18.1. The van der Waals surface area contributed by atoms with E-state index < -0.39 is 11.8 Å². The van der Waals surface area contributed by atoms with Crippen molar-refractivity contribution in [2.75, 3.05) is 0 Å². The maximum atomic E-state index is 12.9. The summed E-state index contributed by atoms with van der Waals surface area (Å²) in [7, 11) is 0. The minimum Gasteiger partial charge on any atom is -0.389 e. The van der Waals surface area contributed by atoms with E-state index in [0.29, 0.717) is 21.9 Å². The summed E-state index contributed by atoms with van der Waals surface area (Å²) in [5.41, 5.74) is 11.8. The van der Waals surface area contributed by atoms with Crippen LogP contribution >= 0.6 is 12.2 Å². The smallest absolute Gasteiger partial charge is 0.290 e. The van der Waals surface area contributed by atoms with E-state index in [1.54, 1.807) is 48.5 Å². The molecule has 0 fully saturated rings. The van der Waals surface area contributed by atoms with Crippen molar-refractivity contribution in [2.45, 2.75) is 6.54 Å². The lowest BCUT2D eigenvalue weighted by Crippen LogP contribution is -2.42. The summed E-state index contributed by atoms with van der Waals surface area (Å²) in [6, 6.07) is 22.4. The molecule has 1 heterocycles. The second-order valence-corrected chi connectivity index (χ2v) is 7.63. The van der Waals surface area contributed by atoms with Crippen LogP contribution in [-0.2, 0) is 6.54 Å². The quantitative estimate of drug-likeness (QED) is 0.312. The van der Waals surface area contributed by atoms with Gasteiger partial charge in [-0.15, -0.1) is 0 Å². The van der Waals surface area contributed by atoms with Crippen LogP contribution in [0.4, 0.5) is 0 Å². The molecule has 8 nitrogen and oxygen atoms in total. The molecule has 33 heavy (non-hydrogen) atoms. The van der Waals surface area contributed by atoms with E-state index >= 15 is 0 Å². The Hall–Kier alpha value is -4.37. The highest BCUT2D eigenvalue weighted by atomic mass is 32.1. The topological polar surface area (TPSA) is 119 Å². The first kappa shape index (κ1) is 21.8. The molecule has 1 aromatic heterocycles. The number of hydrogen-bond acceptors (Lipinski definition) is 5. The number of nitrogens with two attached hydrogens (primary N) is 1. The summed E-state index contributed by atoms with van der Waals surface area (Å²) in [5, 5.41) is 5.03. The molecule has 0 atom stereocenters. The highest BCUT2D eigenvalue weighted by Gasteiger charge is 2.18. The minimum absolute atomic E-state index is 0.0188. The molecule has 0 unspecified atom stereocenters. The number of nitrogens with one attached hydrogen (secondary N) is 2. The number of aromatic nitrogens is 2. The van der Waals surface area contributed by atoms with Crippen molar-refractivity contribution >= 4 is 39.8 Å². The van der Waals surface area contributed by atoms with Gasteiger partial charge in [-0.3, -0.25) is 25.2 Å². The Balaban J connectivity index is 1.59. The maximum Gasteiger partial charge on any atom is 0.290 e. The molecule has 2 amide bonds. The van der Waals surface area contributed by atoms with E-state index in [0.717, 1.165) is 5.56 Å². The third-order valence-corrected chi connectivity index (χ3v) is 5.21. The molecule has 4 N–H and O–H groups in total. The van der Waals surface area contributed by atoms with E-state index in [1.807, 2.05) is 30.3 Å². The Morgan fingerprint density at radius 3 is 2.06 bits per heavy atom. The predicted octanol–water partition coefficient (Wildman–Crippen LogP) is 2.15. The summed E-state index contributed by atoms with van der Waals surface area (Å²) < 4.78 is 1.24. The predicted molar refractivity (Wildman–Crippen MR) is 129 cm³/mol. The third kappa shape index (κ3) is 4.78. The van der Waals surface area contributed by atoms with Gasteiger partial charge >= 0.3 is 0 Å². The molecule has 0 aliphatic carbocycles. The van der Waals surface area contributed by atoms with Crippen molar-refractivity contribution in [3.05, 3.63) is 112 Å². The van der Waals surface area contributed by atoms with Gasteiger partial charge < -0.3 is 5.73 Å². The van der Waals surface area contributed by atoms with Crippen LogP contribution in [0.1, 0.15) is 32.0 Å². The van der Waals surface area contributed by atoms with Crippen molar-refractivity contribution in [1.82, 2.24) is 20.6 Å². The minimum atomic E-state index is -0.652. The second-order valence-electron chi connectivity index (χ2n) is 7.19. The highest BCUT2D eigenvalue weighted by Crippen LogP contribution is 2.14. The summed E-state index contributed by atoms with van der Waals surface area (Å²) in [4.78, 5) is 38.5. The molecule has 0 saturated carbocycles. The van der Waals surface area contributed by atoms with Gasteiger partial charge in [-0.25, -0.2) is 4.68 Å². The maximum absolute atomic E-state index is 12.9. The van der Waals surface area contributed by atoms with Crippen LogP contribution in [0, 0.1) is 0 Å². The number of benzene rings is 3. The van der Waals surface area contributed by atoms with Gasteiger partial charge in [-0.1, -0.05) is 72.9 Å². The molecule has 9 heteroatoms. The van der Waals surface area contributed by atoms with Crippen LogP contribution in [0.3, 0.4) is 0 Å². The SMILES string of the molecule is NC(=S)c1ccc(C(=O)NNC(=O)c2nn(Cc3ccccc3)c(=O)c3ccccc23)cc1. The van der Waals surface area contributed by atoms with Crippen molar-refractivity contribution in [3.8, 4) is 0 Å². The van der Waals surface area contributed by atoms with Crippen LogP contribution in [0.25, 0.3) is 10.8 Å². The molecule has 0 radical (unpaired) electrons. The van der Waals surface area contributed by atoms with Gasteiger partial charge in [-0.05, 0) is 23.8 Å². The zero-order chi connectivity index (χ0) is 23.4. The molecule has 0 bridgehead atoms. The lowest BCUT2D eigenvalue weighted by atomic mass is 10.1. The molecule has 0 saturated heterocycles. The molecule has 4 rings (SSSR count). The number of rotatable bonds is 5. The van der Waals surface area contributed by atoms with Crippen LogP contribution in [0.15, 0.2) is 83.7 Å². The fraction of sp³-hybridized carbons (Fsp3) is 0.0417. The zero-order valence-electron chi connectivity index (χ0n) is 17.3. The lowest BCUT2D eigenvalue weighted by molar-refractivity contribution is 0.0843. The fourth-order valence-corrected chi connectivity index (χ4v) is 3.43. The van der Waals surface area contributed by atoms with Gasteiger partial charge in [0.05, 0.1) is 11.9 Å². The second kappa shape index (κ2) is 9.41. The highest BCUT2D eigenvalue weighted by molar-refractivity contribution is 7.80. The first-order chi connectivity index (χ1) is 15.9. The van der Waals surface area contributed by atoms with E-state index in [9.17, 15) is 14.4 Å². The number of carbonyl (C=O) groups is 2. The van der Waals surface area contributed by atoms with Crippen LogP contribution in [0.5, 0.6) is 0 Å². The molecular weight excluding hydrogens is 438 g/mol. The van der Waals surface area contributed by atoms with E-state index in [1.165, 1.54) is 4.68 Å². The Morgan fingerprint density at radius 1 is 0.818 bits per heavy atom. The van der Waals surface area contributed by atoms with Crippen molar-refractivity contribution in [2.24, 2.45) is 5.73 Å². The number of nitrogens with zero attached hydrogens (tertiary/aromatic N) is 2. The summed E-state index contributed by atoms with van der Waals surface area (Å²) >= 11 is 4.90. The van der Waals surface area contributed by atoms with Gasteiger partial charge in [0.1, 0.15) is 4.99 Å². The number of amides is 2. The third-order valence-electron chi connectivity index (χ3n) is 4.98. The lowest BCUT2D eigenvalue weighted by Gasteiger charge is -2.12. The monoisotopic (exact) mass is 457 g/mol. The van der Waals surface area contributed by atoms with Crippen molar-refractivity contribution in [3.63, 3.8) is 0 Å². The normalized spacial score (nSPS) is 10.5. The van der Waals surface area contributed by atoms with E-state index in [-0.39, 0.29) is 22.8 Å². The standard InChI is InChI=1S/C24H19N5O3S/c25-21(33)16-10-12-17(13-11-16)22(30)26-27-23(31)20-18-8-4-5-9-19(18)24(32)29(28-20)14-15-6-2-1-3-7-15/h1-13H,14H2,(H2,25,33)(H,26,30)(H,27,31). The van der Waals surface area contributed by atoms with Gasteiger partial charge in [-0.2, -0.15) is 5.10 Å². The fourth-order valence-electron chi connectivity index (χ4n) is 3.30. The Kier molecular flexibility index (Phi) is 6.23. The number of hydrogen-bond donors (Lipinski definition) is 3. The molecule has 0 aliphatic heterocycles. The van der Waals surface area contributed by atoms with E-state index in [4.69, 9.17) is 18.0 Å². The number of carbonyl (C=O) groups excluding carboxylic acids is 2. The van der Waals surface area contributed by atoms with Crippen molar-refractivity contribution in [1.29, 1.82) is 0 Å². The van der Waals surface area contributed by atoms with Crippen LogP contribution in [0.2, 0.25) is 0 Å². The first-order valence-electron chi connectivity index (χ1n) is 9.98. The number of thiocarbonyl (C=S) groups is 1. The molecule has 4 aromatic rings. The molecular formula is C24H19N5O3S. The van der Waals surface area contributed by atoms with Gasteiger partial charge in [0.2, 0.25) is 0 Å². The van der Waals surface area contributed by atoms with Crippen LogP contribution < -0.4 is 22.1 Å². The molecule has 164 valence electrons. The largest absolute Gasteiger partial charge is 0.389 e. The van der Waals surface area contributed by atoms with Gasteiger partial charge in [0, 0.05) is 16.5 Å². The molecule has 0 aliphatic rings. The summed E-state index contributed by atoms with van der Waals surface area (Å²) in [6.07, 6.45) is 0. The molecule has 3 aromatic carbocycles. The number of fused-ring (bicyclic) bond motifs is 1. The Bertz CT molecular complexity index is 1420. The average Bonchev–Trinajstić information content (AvgIpc) is 2.84. The number of hydrazine groups is 1. The molecule has 0 spiro atoms. The van der Waals surface area contributed by atoms with Crippen molar-refractivity contribution < 1.29 is 9.59 Å². The van der Waals surface area contributed by atoms with Gasteiger partial charge in [0.25, 0.3) is 17.4 Å². The Morgan fingerprint density at radius 2 is 1.39 bits per heavy atom. The first-order valence-corrected chi connectivity index (χ1v) is 10.4. The van der Waals surface area contributed by atoms with Gasteiger partial charge in [0.15, 0.2) is 5.69 Å². The average molecular weight is 458 g/mol. The Labute approximate surface area is 194 Å². The summed E-state index contributed by atoms with van der Waals surface area (Å²) in [5.74, 6) is -1.18.